The van der Waals surface area contributed by atoms with Crippen molar-refractivity contribution < 1.29 is 14.7 Å². The van der Waals surface area contributed by atoms with Gasteiger partial charge in [0.05, 0.1) is 5.92 Å². The van der Waals surface area contributed by atoms with Gasteiger partial charge in [0.1, 0.15) is 0 Å². The smallest absolute Gasteiger partial charge is 0.307 e. The number of amides is 1. The van der Waals surface area contributed by atoms with Gasteiger partial charge in [-0.15, -0.1) is 0 Å². The minimum atomic E-state index is -0.915. The summed E-state index contributed by atoms with van der Waals surface area (Å²) in [6.07, 6.45) is 0.0387. The molecule has 0 aromatic heterocycles. The first kappa shape index (κ1) is 13.9. The molecular weight excluding hydrogens is 194 g/mol. The van der Waals surface area contributed by atoms with Crippen LogP contribution in [0.4, 0.5) is 0 Å². The third-order valence-corrected chi connectivity index (χ3v) is 2.18. The fraction of sp³-hybridized carbons (Fsp3) is 0.818. The molecule has 0 bridgehead atoms. The summed E-state index contributed by atoms with van der Waals surface area (Å²) < 4.78 is 0. The fourth-order valence-corrected chi connectivity index (χ4v) is 1.33. The molecule has 0 aromatic rings. The molecule has 15 heavy (non-hydrogen) atoms. The molecule has 0 spiro atoms. The molecule has 0 unspecified atom stereocenters. The van der Waals surface area contributed by atoms with Crippen molar-refractivity contribution in [1.29, 1.82) is 0 Å². The quantitative estimate of drug-likeness (QED) is 0.749. The van der Waals surface area contributed by atoms with E-state index in [0.717, 1.165) is 0 Å². The highest BCUT2D eigenvalue weighted by molar-refractivity contribution is 5.82. The van der Waals surface area contributed by atoms with Crippen molar-refractivity contribution in [3.63, 3.8) is 0 Å². The van der Waals surface area contributed by atoms with Crippen LogP contribution in [0.15, 0.2) is 0 Å². The highest BCUT2D eigenvalue weighted by atomic mass is 16.4. The Balaban J connectivity index is 4.44. The Hall–Kier alpha value is -1.06. The zero-order chi connectivity index (χ0) is 12.2. The van der Waals surface area contributed by atoms with Crippen molar-refractivity contribution in [3.8, 4) is 0 Å². The van der Waals surface area contributed by atoms with Gasteiger partial charge in [-0.05, 0) is 19.3 Å². The summed E-state index contributed by atoms with van der Waals surface area (Å²) in [7, 11) is 0. The second-order valence-corrected chi connectivity index (χ2v) is 5.18. The van der Waals surface area contributed by atoms with Crippen LogP contribution in [-0.4, -0.2) is 23.0 Å². The second kappa shape index (κ2) is 5.14. The van der Waals surface area contributed by atoms with Crippen LogP contribution in [0.5, 0.6) is 0 Å². The normalized spacial score (nSPS) is 13.7. The summed E-state index contributed by atoms with van der Waals surface area (Å²) in [6.45, 7) is 9.19. The van der Waals surface area contributed by atoms with Crippen LogP contribution in [0.2, 0.25) is 0 Å². The molecule has 0 aliphatic rings. The van der Waals surface area contributed by atoms with E-state index in [1.807, 2.05) is 34.6 Å². The lowest BCUT2D eigenvalue weighted by atomic mass is 9.78. The summed E-state index contributed by atoms with van der Waals surface area (Å²) in [5.74, 6) is -1.76. The van der Waals surface area contributed by atoms with Gasteiger partial charge in [0, 0.05) is 12.5 Å². The second-order valence-electron chi connectivity index (χ2n) is 5.18. The van der Waals surface area contributed by atoms with Gasteiger partial charge in [0.2, 0.25) is 5.91 Å². The Morgan fingerprint density at radius 2 is 1.73 bits per heavy atom. The molecule has 0 radical (unpaired) electrons. The highest BCUT2D eigenvalue weighted by Gasteiger charge is 2.33. The van der Waals surface area contributed by atoms with Gasteiger partial charge in [0.15, 0.2) is 0 Å². The van der Waals surface area contributed by atoms with E-state index in [0.29, 0.717) is 0 Å². The lowest BCUT2D eigenvalue weighted by Gasteiger charge is -2.26. The minimum Gasteiger partial charge on any atom is -0.481 e. The predicted molar refractivity (Wildman–Crippen MR) is 58.5 cm³/mol. The SMILES string of the molecule is CC(C)NC(=O)C[C@@H](C(=O)O)C(C)(C)C. The Kier molecular flexibility index (Phi) is 4.78. The number of carboxylic acids is 1. The van der Waals surface area contributed by atoms with Crippen molar-refractivity contribution in [2.45, 2.75) is 47.1 Å². The van der Waals surface area contributed by atoms with E-state index in [1.54, 1.807) is 0 Å². The number of hydrogen-bond donors (Lipinski definition) is 2. The first-order valence-corrected chi connectivity index (χ1v) is 5.16. The molecule has 4 heteroatoms. The molecule has 0 aromatic carbocycles. The van der Waals surface area contributed by atoms with Crippen molar-refractivity contribution in [2.75, 3.05) is 0 Å². The van der Waals surface area contributed by atoms with Gasteiger partial charge >= 0.3 is 5.97 Å². The van der Waals surface area contributed by atoms with Gasteiger partial charge in [-0.3, -0.25) is 9.59 Å². The zero-order valence-electron chi connectivity index (χ0n) is 10.1. The lowest BCUT2D eigenvalue weighted by Crippen LogP contribution is -2.37. The Morgan fingerprint density at radius 3 is 2.00 bits per heavy atom. The maximum Gasteiger partial charge on any atom is 0.307 e. The fourth-order valence-electron chi connectivity index (χ4n) is 1.33. The summed E-state index contributed by atoms with van der Waals surface area (Å²) in [4.78, 5) is 22.4. The maximum atomic E-state index is 11.4. The monoisotopic (exact) mass is 215 g/mol. The molecule has 0 fully saturated rings. The average molecular weight is 215 g/mol. The van der Waals surface area contributed by atoms with Gasteiger partial charge in [-0.1, -0.05) is 20.8 Å². The summed E-state index contributed by atoms with van der Waals surface area (Å²) in [5, 5.41) is 11.7. The third-order valence-electron chi connectivity index (χ3n) is 2.18. The number of rotatable bonds is 4. The van der Waals surface area contributed by atoms with E-state index in [9.17, 15) is 9.59 Å². The van der Waals surface area contributed by atoms with Gasteiger partial charge < -0.3 is 10.4 Å². The van der Waals surface area contributed by atoms with Crippen molar-refractivity contribution >= 4 is 11.9 Å². The first-order chi connectivity index (χ1) is 6.64. The number of nitrogens with one attached hydrogen (secondary N) is 1. The van der Waals surface area contributed by atoms with Crippen LogP contribution in [0.1, 0.15) is 41.0 Å². The van der Waals surface area contributed by atoms with E-state index in [4.69, 9.17) is 5.11 Å². The van der Waals surface area contributed by atoms with Gasteiger partial charge in [0.25, 0.3) is 0 Å². The lowest BCUT2D eigenvalue weighted by molar-refractivity contribution is -0.148. The van der Waals surface area contributed by atoms with Crippen LogP contribution in [0.3, 0.4) is 0 Å². The highest BCUT2D eigenvalue weighted by Crippen LogP contribution is 2.28. The molecule has 88 valence electrons. The van der Waals surface area contributed by atoms with Crippen molar-refractivity contribution in [1.82, 2.24) is 5.32 Å². The average Bonchev–Trinajstić information content (AvgIpc) is 1.95. The number of aliphatic carboxylic acids is 1. The van der Waals surface area contributed by atoms with Crippen molar-refractivity contribution in [2.24, 2.45) is 11.3 Å². The molecule has 0 aliphatic heterocycles. The molecule has 1 atom stereocenters. The van der Waals surface area contributed by atoms with Crippen molar-refractivity contribution in [3.05, 3.63) is 0 Å². The largest absolute Gasteiger partial charge is 0.481 e. The summed E-state index contributed by atoms with van der Waals surface area (Å²) >= 11 is 0. The van der Waals surface area contributed by atoms with E-state index in [-0.39, 0.29) is 18.4 Å². The number of hydrogen-bond acceptors (Lipinski definition) is 2. The molecule has 0 rings (SSSR count). The van der Waals surface area contributed by atoms with E-state index >= 15 is 0 Å². The Morgan fingerprint density at radius 1 is 1.27 bits per heavy atom. The van der Waals surface area contributed by atoms with Crippen LogP contribution in [0, 0.1) is 11.3 Å². The molecule has 4 nitrogen and oxygen atoms in total. The number of carbonyl (C=O) groups is 2. The van der Waals surface area contributed by atoms with Crippen LogP contribution >= 0.6 is 0 Å². The Labute approximate surface area is 91.1 Å². The Bertz CT molecular complexity index is 241. The maximum absolute atomic E-state index is 11.4. The predicted octanol–water partition coefficient (Wildman–Crippen LogP) is 1.65. The topological polar surface area (TPSA) is 66.4 Å². The van der Waals surface area contributed by atoms with Gasteiger partial charge in [-0.2, -0.15) is 0 Å². The number of carboxylic acid groups (broad SMARTS) is 1. The van der Waals surface area contributed by atoms with E-state index in [2.05, 4.69) is 5.32 Å². The van der Waals surface area contributed by atoms with Crippen LogP contribution in [0.25, 0.3) is 0 Å². The minimum absolute atomic E-state index is 0.0387. The van der Waals surface area contributed by atoms with E-state index in [1.165, 1.54) is 0 Å². The summed E-state index contributed by atoms with van der Waals surface area (Å²) in [5.41, 5.74) is -0.403. The molecule has 0 saturated heterocycles. The molecule has 0 saturated carbocycles. The first-order valence-electron chi connectivity index (χ1n) is 5.16. The van der Waals surface area contributed by atoms with Crippen LogP contribution in [-0.2, 0) is 9.59 Å². The summed E-state index contributed by atoms with van der Waals surface area (Å²) in [6, 6.07) is 0.0481. The molecule has 1 amide bonds. The van der Waals surface area contributed by atoms with E-state index < -0.39 is 17.3 Å². The standard InChI is InChI=1S/C11H21NO3/c1-7(2)12-9(13)6-8(10(14)15)11(3,4)5/h7-8H,6H2,1-5H3,(H,12,13)(H,14,15)/t8-/m0/s1. The van der Waals surface area contributed by atoms with Gasteiger partial charge in [-0.25, -0.2) is 0 Å². The number of carbonyl (C=O) groups excluding carboxylic acids is 1. The molecular formula is C11H21NO3. The molecule has 0 heterocycles. The zero-order valence-corrected chi connectivity index (χ0v) is 10.1. The molecule has 0 aliphatic carbocycles. The third kappa shape index (κ3) is 5.40. The molecule has 2 N–H and O–H groups in total. The van der Waals surface area contributed by atoms with Crippen LogP contribution < -0.4 is 5.32 Å².